The van der Waals surface area contributed by atoms with Crippen LogP contribution in [0.25, 0.3) is 60.3 Å². The fourth-order valence-electron chi connectivity index (χ4n) is 7.32. The van der Waals surface area contributed by atoms with Crippen LogP contribution in [0.1, 0.15) is 0 Å². The van der Waals surface area contributed by atoms with Crippen LogP contribution in [0.3, 0.4) is 0 Å². The van der Waals surface area contributed by atoms with Gasteiger partial charge in [0.25, 0.3) is 0 Å². The summed E-state index contributed by atoms with van der Waals surface area (Å²) in [7, 11) is 2.03. The zero-order valence-electron chi connectivity index (χ0n) is 26.7. The van der Waals surface area contributed by atoms with Gasteiger partial charge in [0.2, 0.25) is 0 Å². The first-order chi connectivity index (χ1) is 24.2. The fraction of sp³-hybridized carbons (Fsp3) is 0.0476. The lowest BCUT2D eigenvalue weighted by atomic mass is 10.1. The number of pyridine rings is 1. The molecule has 49 heavy (non-hydrogen) atoms. The molecule has 1 aliphatic rings. The monoisotopic (exact) mass is 634 g/mol. The van der Waals surface area contributed by atoms with Crippen LogP contribution in [0.15, 0.2) is 155 Å². The van der Waals surface area contributed by atoms with Crippen LogP contribution in [0.5, 0.6) is 0 Å². The Bertz CT molecular complexity index is 2740. The molecule has 3 aromatic heterocycles. The molecular formula is C42H30N6O. The van der Waals surface area contributed by atoms with Crippen molar-refractivity contribution in [1.29, 1.82) is 0 Å². The van der Waals surface area contributed by atoms with E-state index in [0.29, 0.717) is 6.67 Å². The molecule has 0 unspecified atom stereocenters. The van der Waals surface area contributed by atoms with Gasteiger partial charge in [0.15, 0.2) is 5.58 Å². The number of aromatic nitrogens is 2. The van der Waals surface area contributed by atoms with Crippen LogP contribution in [-0.4, -0.2) is 34.5 Å². The van der Waals surface area contributed by atoms with E-state index in [4.69, 9.17) is 9.40 Å². The summed E-state index contributed by atoms with van der Waals surface area (Å²) in [6, 6.07) is 49.1. The van der Waals surface area contributed by atoms with E-state index < -0.39 is 0 Å². The highest BCUT2D eigenvalue weighted by Crippen LogP contribution is 2.45. The molecule has 4 heterocycles. The maximum atomic E-state index is 6.90. The molecule has 0 saturated carbocycles. The Morgan fingerprint density at radius 2 is 1.37 bits per heavy atom. The number of para-hydroxylation sites is 2. The molecule has 10 rings (SSSR count). The molecule has 0 bridgehead atoms. The molecule has 7 nitrogen and oxygen atoms in total. The van der Waals surface area contributed by atoms with Crippen molar-refractivity contribution in [3.63, 3.8) is 0 Å². The first-order valence-electron chi connectivity index (χ1n) is 16.4. The number of hydrogen-bond acceptors (Lipinski definition) is 6. The predicted octanol–water partition coefficient (Wildman–Crippen LogP) is 10.4. The SMILES string of the molecule is CN1C=NN(c2cccc(N(c3ccc4c5ccccc5n(-c5ccccn5)c4c3)c3cccc4c3oc3c5ccccc5ccc43)c2)C1. The predicted molar refractivity (Wildman–Crippen MR) is 202 cm³/mol. The Kier molecular flexibility index (Phi) is 6.02. The largest absolute Gasteiger partial charge is 0.453 e. The summed E-state index contributed by atoms with van der Waals surface area (Å²) in [6.07, 6.45) is 3.70. The van der Waals surface area contributed by atoms with Gasteiger partial charge in [0.1, 0.15) is 24.4 Å². The average Bonchev–Trinajstić information content (AvgIpc) is 3.86. The van der Waals surface area contributed by atoms with Crippen molar-refractivity contribution < 1.29 is 4.42 Å². The summed E-state index contributed by atoms with van der Waals surface area (Å²) in [5.74, 6) is 0.877. The highest BCUT2D eigenvalue weighted by molar-refractivity contribution is 6.18. The van der Waals surface area contributed by atoms with Crippen LogP contribution < -0.4 is 9.91 Å². The third-order valence-corrected chi connectivity index (χ3v) is 9.53. The first kappa shape index (κ1) is 27.5. The lowest BCUT2D eigenvalue weighted by Gasteiger charge is -2.27. The van der Waals surface area contributed by atoms with E-state index in [1.54, 1.807) is 0 Å². The molecule has 1 aliphatic heterocycles. The van der Waals surface area contributed by atoms with Crippen LogP contribution in [0.2, 0.25) is 0 Å². The number of rotatable bonds is 5. The number of furan rings is 1. The molecule has 9 aromatic rings. The summed E-state index contributed by atoms with van der Waals surface area (Å²) in [4.78, 5) is 9.14. The molecule has 234 valence electrons. The number of hydrogen-bond donors (Lipinski definition) is 0. The van der Waals surface area contributed by atoms with Crippen LogP contribution in [0.4, 0.5) is 22.7 Å². The van der Waals surface area contributed by atoms with Crippen molar-refractivity contribution in [3.8, 4) is 5.82 Å². The topological polar surface area (TPSA) is 53.0 Å². The van der Waals surface area contributed by atoms with Gasteiger partial charge >= 0.3 is 0 Å². The van der Waals surface area contributed by atoms with E-state index in [1.165, 1.54) is 10.8 Å². The van der Waals surface area contributed by atoms with E-state index in [-0.39, 0.29) is 0 Å². The van der Waals surface area contributed by atoms with Gasteiger partial charge in [-0.3, -0.25) is 4.57 Å². The van der Waals surface area contributed by atoms with Crippen LogP contribution in [-0.2, 0) is 0 Å². The molecule has 0 radical (unpaired) electrons. The van der Waals surface area contributed by atoms with Gasteiger partial charge in [-0.2, -0.15) is 5.10 Å². The molecule has 7 heteroatoms. The Morgan fingerprint density at radius 3 is 2.24 bits per heavy atom. The summed E-state index contributed by atoms with van der Waals surface area (Å²) < 4.78 is 9.15. The first-order valence-corrected chi connectivity index (χ1v) is 16.4. The van der Waals surface area contributed by atoms with Gasteiger partial charge in [-0.05, 0) is 66.0 Å². The maximum absolute atomic E-state index is 6.90. The zero-order chi connectivity index (χ0) is 32.5. The van der Waals surface area contributed by atoms with Gasteiger partial charge < -0.3 is 14.2 Å². The van der Waals surface area contributed by atoms with Gasteiger partial charge in [-0.25, -0.2) is 9.99 Å². The Hall–Kier alpha value is -6.60. The molecule has 0 amide bonds. The summed E-state index contributed by atoms with van der Waals surface area (Å²) in [5, 5.41) is 13.4. The highest BCUT2D eigenvalue weighted by atomic mass is 16.3. The van der Waals surface area contributed by atoms with Crippen LogP contribution >= 0.6 is 0 Å². The molecule has 0 aliphatic carbocycles. The lowest BCUT2D eigenvalue weighted by molar-refractivity contribution is 0.549. The Labute approximate surface area is 282 Å². The van der Waals surface area contributed by atoms with E-state index in [0.717, 1.165) is 72.3 Å². The standard InChI is InChI=1S/C42H30N6O/c1-45-26-44-46(27-45)29-11-8-12-30(24-29)47(38-17-9-15-35-36-21-19-28-10-2-3-13-32(28)41(36)49-42(35)38)31-20-22-34-33-14-4-5-16-37(33)48(39(34)25-31)40-18-6-7-23-43-40/h2-26H,27H2,1H3. The number of fused-ring (bicyclic) bond motifs is 8. The zero-order valence-corrected chi connectivity index (χ0v) is 26.7. The van der Waals surface area contributed by atoms with E-state index in [2.05, 4.69) is 147 Å². The van der Waals surface area contributed by atoms with Crippen molar-refractivity contribution in [2.45, 2.75) is 0 Å². The minimum absolute atomic E-state index is 0.686. The molecule has 0 N–H and O–H groups in total. The maximum Gasteiger partial charge on any atom is 0.159 e. The van der Waals surface area contributed by atoms with Crippen molar-refractivity contribution in [1.82, 2.24) is 14.5 Å². The highest BCUT2D eigenvalue weighted by Gasteiger charge is 2.23. The Balaban J connectivity index is 1.25. The van der Waals surface area contributed by atoms with Gasteiger partial charge in [0.05, 0.1) is 22.4 Å². The fourth-order valence-corrected chi connectivity index (χ4v) is 7.32. The normalized spacial score (nSPS) is 13.2. The molecule has 0 atom stereocenters. The minimum atomic E-state index is 0.686. The lowest BCUT2D eigenvalue weighted by Crippen LogP contribution is -2.22. The minimum Gasteiger partial charge on any atom is -0.453 e. The van der Waals surface area contributed by atoms with E-state index >= 15 is 0 Å². The second kappa shape index (κ2) is 10.7. The Morgan fingerprint density at radius 1 is 0.612 bits per heavy atom. The molecule has 6 aromatic carbocycles. The second-order valence-electron chi connectivity index (χ2n) is 12.5. The summed E-state index contributed by atoms with van der Waals surface area (Å²) in [5.41, 5.74) is 7.89. The molecular weight excluding hydrogens is 605 g/mol. The summed E-state index contributed by atoms with van der Waals surface area (Å²) in [6.45, 7) is 0.686. The number of benzene rings is 6. The van der Waals surface area contributed by atoms with Crippen molar-refractivity contribution >= 4 is 83.6 Å². The van der Waals surface area contributed by atoms with E-state index in [9.17, 15) is 0 Å². The van der Waals surface area contributed by atoms with E-state index in [1.807, 2.05) is 36.7 Å². The van der Waals surface area contributed by atoms with Gasteiger partial charge in [-0.15, -0.1) is 0 Å². The third kappa shape index (κ3) is 4.29. The number of anilines is 4. The van der Waals surface area contributed by atoms with Crippen LogP contribution in [0, 0.1) is 0 Å². The van der Waals surface area contributed by atoms with Crippen molar-refractivity contribution in [3.05, 3.63) is 146 Å². The van der Waals surface area contributed by atoms with Crippen molar-refractivity contribution in [2.24, 2.45) is 5.10 Å². The van der Waals surface area contributed by atoms with Crippen molar-refractivity contribution in [2.75, 3.05) is 23.6 Å². The number of nitrogens with zero attached hydrogens (tertiary/aromatic N) is 6. The summed E-state index contributed by atoms with van der Waals surface area (Å²) >= 11 is 0. The van der Waals surface area contributed by atoms with Gasteiger partial charge in [-0.1, -0.05) is 78.9 Å². The smallest absolute Gasteiger partial charge is 0.159 e. The average molecular weight is 635 g/mol. The molecule has 0 spiro atoms. The number of hydrazone groups is 1. The molecule has 0 fully saturated rings. The third-order valence-electron chi connectivity index (χ3n) is 9.53. The van der Waals surface area contributed by atoms with Gasteiger partial charge in [0, 0.05) is 51.6 Å². The molecule has 0 saturated heterocycles. The quantitative estimate of drug-likeness (QED) is 0.189. The second-order valence-corrected chi connectivity index (χ2v) is 12.5.